The maximum absolute atomic E-state index is 9.72. The average Bonchev–Trinajstić information content (AvgIpc) is 2.93. The monoisotopic (exact) mass is 278 g/mol. The minimum absolute atomic E-state index is 0.253. The smallest absolute Gasteiger partial charge is 0.0812 e. The molecule has 0 amide bonds. The van der Waals surface area contributed by atoms with Crippen LogP contribution in [0.4, 0.5) is 11.4 Å². The molecule has 1 unspecified atom stereocenters. The molecule has 0 bridgehead atoms. The highest BCUT2D eigenvalue weighted by Crippen LogP contribution is 2.35. The summed E-state index contributed by atoms with van der Waals surface area (Å²) in [5, 5.41) is 23.9. The van der Waals surface area contributed by atoms with Gasteiger partial charge in [-0.2, -0.15) is 0 Å². The van der Waals surface area contributed by atoms with Crippen molar-refractivity contribution in [1.29, 1.82) is 0 Å². The van der Waals surface area contributed by atoms with E-state index in [-0.39, 0.29) is 6.61 Å². The zero-order valence-corrected chi connectivity index (χ0v) is 11.6. The van der Waals surface area contributed by atoms with E-state index in [0.29, 0.717) is 12.1 Å². The highest BCUT2D eigenvalue weighted by Gasteiger charge is 2.15. The number of hydrogen-bond donors (Lipinski definition) is 4. The van der Waals surface area contributed by atoms with E-state index in [1.54, 1.807) is 11.3 Å². The quantitative estimate of drug-likeness (QED) is 0.630. The molecular formula is C14H18N2O2S. The lowest BCUT2D eigenvalue weighted by Gasteiger charge is -2.17. The summed E-state index contributed by atoms with van der Waals surface area (Å²) in [5.74, 6) is 0. The van der Waals surface area contributed by atoms with Crippen LogP contribution in [0.5, 0.6) is 0 Å². The maximum Gasteiger partial charge on any atom is 0.0812 e. The molecule has 5 heteroatoms. The Kier molecular flexibility index (Phi) is 4.42. The number of anilines is 2. The SMILES string of the molecule is CNc1cc(N)cc(-c2cccs2)c1CC(O)CO. The second kappa shape index (κ2) is 6.06. The van der Waals surface area contributed by atoms with Crippen molar-refractivity contribution in [2.75, 3.05) is 24.7 Å². The Bertz CT molecular complexity index is 541. The predicted molar refractivity (Wildman–Crippen MR) is 80.5 cm³/mol. The van der Waals surface area contributed by atoms with Gasteiger partial charge >= 0.3 is 0 Å². The predicted octanol–water partition coefficient (Wildman–Crippen LogP) is 1.93. The van der Waals surface area contributed by atoms with Crippen molar-refractivity contribution < 1.29 is 10.2 Å². The Morgan fingerprint density at radius 3 is 2.79 bits per heavy atom. The van der Waals surface area contributed by atoms with Gasteiger partial charge in [0.1, 0.15) is 0 Å². The molecule has 1 heterocycles. The van der Waals surface area contributed by atoms with Gasteiger partial charge in [0.2, 0.25) is 0 Å². The molecule has 1 atom stereocenters. The number of rotatable bonds is 5. The summed E-state index contributed by atoms with van der Waals surface area (Å²) in [6.07, 6.45) is -0.380. The zero-order valence-electron chi connectivity index (χ0n) is 10.8. The van der Waals surface area contributed by atoms with Gasteiger partial charge in [0, 0.05) is 29.7 Å². The van der Waals surface area contributed by atoms with Crippen LogP contribution in [0.3, 0.4) is 0 Å². The summed E-state index contributed by atoms with van der Waals surface area (Å²) >= 11 is 1.63. The number of nitrogen functional groups attached to an aromatic ring is 1. The molecule has 0 saturated heterocycles. The fourth-order valence-corrected chi connectivity index (χ4v) is 2.86. The molecule has 0 saturated carbocycles. The topological polar surface area (TPSA) is 78.5 Å². The molecule has 1 aromatic carbocycles. The second-order valence-corrected chi connectivity index (χ2v) is 5.31. The Morgan fingerprint density at radius 1 is 1.42 bits per heavy atom. The minimum atomic E-state index is -0.769. The minimum Gasteiger partial charge on any atom is -0.399 e. The molecule has 0 aliphatic rings. The van der Waals surface area contributed by atoms with E-state index in [4.69, 9.17) is 10.8 Å². The van der Waals surface area contributed by atoms with Gasteiger partial charge in [0.15, 0.2) is 0 Å². The standard InChI is InChI=1S/C14H18N2O2S/c1-16-13-6-9(15)5-12(14-3-2-4-19-14)11(13)7-10(18)8-17/h2-6,10,16-18H,7-8,15H2,1H3. The fraction of sp³-hybridized carbons (Fsp3) is 0.286. The summed E-state index contributed by atoms with van der Waals surface area (Å²) < 4.78 is 0. The molecule has 0 aliphatic heterocycles. The lowest BCUT2D eigenvalue weighted by Crippen LogP contribution is -2.17. The summed E-state index contributed by atoms with van der Waals surface area (Å²) in [5.41, 5.74) is 9.47. The van der Waals surface area contributed by atoms with Gasteiger partial charge in [-0.1, -0.05) is 6.07 Å². The van der Waals surface area contributed by atoms with Crippen LogP contribution in [-0.4, -0.2) is 30.0 Å². The molecule has 0 radical (unpaired) electrons. The summed E-state index contributed by atoms with van der Waals surface area (Å²) in [4.78, 5) is 1.10. The molecule has 2 rings (SSSR count). The van der Waals surface area contributed by atoms with Crippen molar-refractivity contribution in [1.82, 2.24) is 0 Å². The van der Waals surface area contributed by atoms with E-state index in [1.165, 1.54) is 0 Å². The number of hydrogen-bond acceptors (Lipinski definition) is 5. The van der Waals surface area contributed by atoms with Crippen molar-refractivity contribution in [3.05, 3.63) is 35.2 Å². The van der Waals surface area contributed by atoms with Crippen molar-refractivity contribution in [3.8, 4) is 10.4 Å². The molecule has 102 valence electrons. The van der Waals surface area contributed by atoms with Crippen LogP contribution in [0, 0.1) is 0 Å². The first-order chi connectivity index (χ1) is 9.15. The average molecular weight is 278 g/mol. The van der Waals surface area contributed by atoms with Gasteiger partial charge in [-0.25, -0.2) is 0 Å². The van der Waals surface area contributed by atoms with Crippen molar-refractivity contribution in [3.63, 3.8) is 0 Å². The molecule has 0 spiro atoms. The number of thiophene rings is 1. The van der Waals surface area contributed by atoms with E-state index in [2.05, 4.69) is 5.32 Å². The fourth-order valence-electron chi connectivity index (χ4n) is 2.09. The third kappa shape index (κ3) is 3.07. The first-order valence-corrected chi connectivity index (χ1v) is 6.96. The van der Waals surface area contributed by atoms with Crippen LogP contribution >= 0.6 is 11.3 Å². The van der Waals surface area contributed by atoms with Crippen LogP contribution in [0.1, 0.15) is 5.56 Å². The van der Waals surface area contributed by atoms with Crippen molar-refractivity contribution >= 4 is 22.7 Å². The van der Waals surface area contributed by atoms with Gasteiger partial charge in [-0.05, 0) is 34.7 Å². The molecule has 2 aromatic rings. The summed E-state index contributed by atoms with van der Waals surface area (Å²) in [7, 11) is 1.82. The van der Waals surface area contributed by atoms with Crippen molar-refractivity contribution in [2.45, 2.75) is 12.5 Å². The molecule has 1 aromatic heterocycles. The highest BCUT2D eigenvalue weighted by molar-refractivity contribution is 7.13. The van der Waals surface area contributed by atoms with Gasteiger partial charge in [-0.3, -0.25) is 0 Å². The van der Waals surface area contributed by atoms with Crippen LogP contribution in [0.15, 0.2) is 29.6 Å². The van der Waals surface area contributed by atoms with Crippen LogP contribution in [0.2, 0.25) is 0 Å². The van der Waals surface area contributed by atoms with Crippen LogP contribution in [-0.2, 0) is 6.42 Å². The number of benzene rings is 1. The molecule has 19 heavy (non-hydrogen) atoms. The summed E-state index contributed by atoms with van der Waals surface area (Å²) in [6, 6.07) is 7.75. The van der Waals surface area contributed by atoms with Gasteiger partial charge in [-0.15, -0.1) is 11.3 Å². The van der Waals surface area contributed by atoms with Crippen molar-refractivity contribution in [2.24, 2.45) is 0 Å². The second-order valence-electron chi connectivity index (χ2n) is 4.36. The molecular weight excluding hydrogens is 260 g/mol. The van der Waals surface area contributed by atoms with Gasteiger partial charge in [0.05, 0.1) is 12.7 Å². The first kappa shape index (κ1) is 13.9. The number of nitrogens with one attached hydrogen (secondary N) is 1. The highest BCUT2D eigenvalue weighted by atomic mass is 32.1. The molecule has 5 N–H and O–H groups in total. The largest absolute Gasteiger partial charge is 0.399 e. The Labute approximate surface area is 116 Å². The normalized spacial score (nSPS) is 12.4. The lowest BCUT2D eigenvalue weighted by atomic mass is 9.97. The number of aliphatic hydroxyl groups excluding tert-OH is 2. The summed E-state index contributed by atoms with van der Waals surface area (Å²) in [6.45, 7) is -0.253. The third-order valence-corrected chi connectivity index (χ3v) is 3.88. The molecule has 0 aliphatic carbocycles. The number of nitrogens with two attached hydrogens (primary N) is 1. The Hall–Kier alpha value is -1.56. The van der Waals surface area contributed by atoms with E-state index >= 15 is 0 Å². The van der Waals surface area contributed by atoms with E-state index < -0.39 is 6.10 Å². The van der Waals surface area contributed by atoms with E-state index in [1.807, 2.05) is 36.7 Å². The van der Waals surface area contributed by atoms with E-state index in [9.17, 15) is 5.11 Å². The maximum atomic E-state index is 9.72. The van der Waals surface area contributed by atoms with E-state index in [0.717, 1.165) is 21.7 Å². The van der Waals surface area contributed by atoms with Gasteiger partial charge < -0.3 is 21.3 Å². The van der Waals surface area contributed by atoms with Crippen LogP contribution in [0.25, 0.3) is 10.4 Å². The zero-order chi connectivity index (χ0) is 13.8. The van der Waals surface area contributed by atoms with Crippen LogP contribution < -0.4 is 11.1 Å². The lowest BCUT2D eigenvalue weighted by molar-refractivity contribution is 0.0957. The Balaban J connectivity index is 2.53. The molecule has 0 fully saturated rings. The number of aliphatic hydroxyl groups is 2. The third-order valence-electron chi connectivity index (χ3n) is 2.98. The van der Waals surface area contributed by atoms with Gasteiger partial charge in [0.25, 0.3) is 0 Å². The first-order valence-electron chi connectivity index (χ1n) is 6.08. The molecule has 4 nitrogen and oxygen atoms in total. The Morgan fingerprint density at radius 2 is 2.21 bits per heavy atom.